The summed E-state index contributed by atoms with van der Waals surface area (Å²) in [7, 11) is 0. The van der Waals surface area contributed by atoms with E-state index in [0.717, 1.165) is 35.9 Å². The number of nitrogens with one attached hydrogen (secondary N) is 1. The number of carbonyl (C=O) groups excluding carboxylic acids is 1. The largest absolute Gasteiger partial charge is 0.492 e. The molecule has 4 nitrogen and oxygen atoms in total. The maximum atomic E-state index is 11.3. The van der Waals surface area contributed by atoms with E-state index in [2.05, 4.69) is 5.32 Å². The summed E-state index contributed by atoms with van der Waals surface area (Å²) in [6, 6.07) is 15.3. The second kappa shape index (κ2) is 11.7. The summed E-state index contributed by atoms with van der Waals surface area (Å²) in [5.74, 6) is 1.29. The molecule has 1 saturated carbocycles. The number of rotatable bonds is 8. The standard InChI is InChI=1S/C23H30N2O2.ClH/c24-23(26)21-9-5-8-20(16-21)19-10-12-22(13-11-19)27-15-14-25-17-18-6-3-1-2-4-7-18;/h5,8-13,16,18,25H,1-4,6-7,14-15,17H2,(H2,24,26);1H. The van der Waals surface area contributed by atoms with Gasteiger partial charge in [0.2, 0.25) is 5.91 Å². The highest BCUT2D eigenvalue weighted by Crippen LogP contribution is 2.24. The zero-order valence-electron chi connectivity index (χ0n) is 16.4. The summed E-state index contributed by atoms with van der Waals surface area (Å²) >= 11 is 0. The smallest absolute Gasteiger partial charge is 0.248 e. The lowest BCUT2D eigenvalue weighted by molar-refractivity contribution is 0.100. The molecule has 3 N–H and O–H groups in total. The zero-order chi connectivity index (χ0) is 18.9. The van der Waals surface area contributed by atoms with Crippen LogP contribution in [0.2, 0.25) is 0 Å². The van der Waals surface area contributed by atoms with Crippen LogP contribution in [-0.2, 0) is 0 Å². The molecule has 0 atom stereocenters. The third-order valence-electron chi connectivity index (χ3n) is 5.29. The zero-order valence-corrected chi connectivity index (χ0v) is 17.2. The molecule has 2 aromatic carbocycles. The van der Waals surface area contributed by atoms with Crippen LogP contribution in [0.3, 0.4) is 0 Å². The number of hydrogen-bond donors (Lipinski definition) is 2. The first kappa shape index (κ1) is 22.3. The van der Waals surface area contributed by atoms with Gasteiger partial charge in [0.1, 0.15) is 12.4 Å². The van der Waals surface area contributed by atoms with Crippen molar-refractivity contribution in [2.24, 2.45) is 11.7 Å². The van der Waals surface area contributed by atoms with E-state index in [0.29, 0.717) is 12.2 Å². The van der Waals surface area contributed by atoms with E-state index in [4.69, 9.17) is 10.5 Å². The van der Waals surface area contributed by atoms with Crippen LogP contribution < -0.4 is 15.8 Å². The van der Waals surface area contributed by atoms with Crippen LogP contribution in [0.25, 0.3) is 11.1 Å². The second-order valence-electron chi connectivity index (χ2n) is 7.38. The third kappa shape index (κ3) is 6.84. The minimum Gasteiger partial charge on any atom is -0.492 e. The van der Waals surface area contributed by atoms with Gasteiger partial charge in [0, 0.05) is 12.1 Å². The van der Waals surface area contributed by atoms with Crippen LogP contribution in [0.15, 0.2) is 48.5 Å². The fourth-order valence-electron chi connectivity index (χ4n) is 3.71. The van der Waals surface area contributed by atoms with Gasteiger partial charge in [0.15, 0.2) is 0 Å². The molecule has 0 aliphatic heterocycles. The number of amides is 1. The first-order valence-corrected chi connectivity index (χ1v) is 10.1. The number of ether oxygens (including phenoxy) is 1. The average molecular weight is 403 g/mol. The lowest BCUT2D eigenvalue weighted by Crippen LogP contribution is -2.27. The van der Waals surface area contributed by atoms with Crippen LogP contribution in [0.4, 0.5) is 0 Å². The van der Waals surface area contributed by atoms with Crippen LogP contribution in [0.1, 0.15) is 48.9 Å². The van der Waals surface area contributed by atoms with Crippen LogP contribution in [0.5, 0.6) is 5.75 Å². The molecule has 0 bridgehead atoms. The number of halogens is 1. The molecule has 1 aliphatic rings. The van der Waals surface area contributed by atoms with E-state index in [1.807, 2.05) is 42.5 Å². The van der Waals surface area contributed by atoms with Gasteiger partial charge in [-0.25, -0.2) is 0 Å². The lowest BCUT2D eigenvalue weighted by Gasteiger charge is -2.15. The molecule has 1 amide bonds. The first-order valence-electron chi connectivity index (χ1n) is 10.1. The highest BCUT2D eigenvalue weighted by atomic mass is 35.5. The van der Waals surface area contributed by atoms with Gasteiger partial charge in [-0.05, 0) is 60.7 Å². The fourth-order valence-corrected chi connectivity index (χ4v) is 3.71. The molecule has 28 heavy (non-hydrogen) atoms. The number of primary amides is 1. The Kier molecular flexibility index (Phi) is 9.32. The van der Waals surface area contributed by atoms with E-state index >= 15 is 0 Å². The average Bonchev–Trinajstić information content (AvgIpc) is 2.97. The van der Waals surface area contributed by atoms with Crippen LogP contribution in [-0.4, -0.2) is 25.6 Å². The molecular weight excluding hydrogens is 372 g/mol. The Morgan fingerprint density at radius 1 is 1.00 bits per heavy atom. The van der Waals surface area contributed by atoms with Gasteiger partial charge < -0.3 is 15.8 Å². The van der Waals surface area contributed by atoms with E-state index in [9.17, 15) is 4.79 Å². The molecule has 0 saturated heterocycles. The van der Waals surface area contributed by atoms with E-state index in [1.165, 1.54) is 38.5 Å². The SMILES string of the molecule is Cl.NC(=O)c1cccc(-c2ccc(OCCNCC3CCCCCC3)cc2)c1. The van der Waals surface area contributed by atoms with Gasteiger partial charge in [-0.1, -0.05) is 49.9 Å². The summed E-state index contributed by atoms with van der Waals surface area (Å²) < 4.78 is 5.84. The summed E-state index contributed by atoms with van der Waals surface area (Å²) in [4.78, 5) is 11.3. The number of benzene rings is 2. The Balaban J connectivity index is 0.00000280. The second-order valence-corrected chi connectivity index (χ2v) is 7.38. The highest BCUT2D eigenvalue weighted by molar-refractivity contribution is 5.94. The van der Waals surface area contributed by atoms with Crippen molar-refractivity contribution in [2.75, 3.05) is 19.7 Å². The molecule has 0 radical (unpaired) electrons. The molecule has 1 fully saturated rings. The van der Waals surface area contributed by atoms with Gasteiger partial charge in [-0.3, -0.25) is 4.79 Å². The van der Waals surface area contributed by atoms with Gasteiger partial charge in [0.25, 0.3) is 0 Å². The maximum absolute atomic E-state index is 11.3. The normalized spacial score (nSPS) is 14.7. The van der Waals surface area contributed by atoms with Crippen molar-refractivity contribution >= 4 is 18.3 Å². The maximum Gasteiger partial charge on any atom is 0.248 e. The topological polar surface area (TPSA) is 64.4 Å². The van der Waals surface area contributed by atoms with Crippen molar-refractivity contribution in [1.29, 1.82) is 0 Å². The fraction of sp³-hybridized carbons (Fsp3) is 0.435. The Hall–Kier alpha value is -2.04. The summed E-state index contributed by atoms with van der Waals surface area (Å²) in [6.07, 6.45) is 8.32. The number of nitrogens with two attached hydrogens (primary N) is 1. The molecule has 3 rings (SSSR count). The molecule has 0 aromatic heterocycles. The minimum absolute atomic E-state index is 0. The number of hydrogen-bond acceptors (Lipinski definition) is 3. The van der Waals surface area contributed by atoms with Crippen LogP contribution >= 0.6 is 12.4 Å². The Labute approximate surface area is 174 Å². The summed E-state index contributed by atoms with van der Waals surface area (Å²) in [5, 5.41) is 3.54. The molecule has 2 aromatic rings. The van der Waals surface area contributed by atoms with Gasteiger partial charge in [-0.15, -0.1) is 12.4 Å². The van der Waals surface area contributed by atoms with E-state index in [-0.39, 0.29) is 12.4 Å². The Bertz CT molecular complexity index is 726. The number of carbonyl (C=O) groups is 1. The lowest BCUT2D eigenvalue weighted by atomic mass is 10.0. The van der Waals surface area contributed by atoms with Gasteiger partial charge in [0.05, 0.1) is 0 Å². The van der Waals surface area contributed by atoms with Gasteiger partial charge in [-0.2, -0.15) is 0 Å². The Morgan fingerprint density at radius 2 is 1.71 bits per heavy atom. The molecule has 5 heteroatoms. The van der Waals surface area contributed by atoms with Crippen molar-refractivity contribution in [3.05, 3.63) is 54.1 Å². The third-order valence-corrected chi connectivity index (χ3v) is 5.29. The quantitative estimate of drug-likeness (QED) is 0.491. The van der Waals surface area contributed by atoms with Crippen molar-refractivity contribution < 1.29 is 9.53 Å². The van der Waals surface area contributed by atoms with E-state index in [1.54, 1.807) is 6.07 Å². The molecule has 0 spiro atoms. The first-order chi connectivity index (χ1) is 13.2. The predicted octanol–water partition coefficient (Wildman–Crippen LogP) is 4.81. The summed E-state index contributed by atoms with van der Waals surface area (Å²) in [5.41, 5.74) is 7.89. The molecule has 0 heterocycles. The molecule has 152 valence electrons. The van der Waals surface area contributed by atoms with Crippen molar-refractivity contribution in [2.45, 2.75) is 38.5 Å². The highest BCUT2D eigenvalue weighted by Gasteiger charge is 2.11. The predicted molar refractivity (Wildman–Crippen MR) is 117 cm³/mol. The molecule has 0 unspecified atom stereocenters. The monoisotopic (exact) mass is 402 g/mol. The molecular formula is C23H31ClN2O2. The summed E-state index contributed by atoms with van der Waals surface area (Å²) in [6.45, 7) is 2.65. The van der Waals surface area contributed by atoms with Crippen molar-refractivity contribution in [3.63, 3.8) is 0 Å². The molecule has 1 aliphatic carbocycles. The van der Waals surface area contributed by atoms with Crippen LogP contribution in [0, 0.1) is 5.92 Å². The minimum atomic E-state index is -0.409. The van der Waals surface area contributed by atoms with E-state index < -0.39 is 5.91 Å². The van der Waals surface area contributed by atoms with Crippen molar-refractivity contribution in [1.82, 2.24) is 5.32 Å². The van der Waals surface area contributed by atoms with Gasteiger partial charge >= 0.3 is 0 Å². The Morgan fingerprint density at radius 3 is 2.39 bits per heavy atom. The van der Waals surface area contributed by atoms with Crippen molar-refractivity contribution in [3.8, 4) is 16.9 Å².